The van der Waals surface area contributed by atoms with Gasteiger partial charge in [-0.1, -0.05) is 23.7 Å². The van der Waals surface area contributed by atoms with Crippen molar-refractivity contribution < 1.29 is 13.7 Å². The van der Waals surface area contributed by atoms with Gasteiger partial charge in [0.1, 0.15) is 10.9 Å². The van der Waals surface area contributed by atoms with Gasteiger partial charge in [-0.15, -0.1) is 0 Å². The Kier molecular flexibility index (Phi) is 5.56. The minimum absolute atomic E-state index is 0.317. The molecule has 0 aliphatic rings. The lowest BCUT2D eigenvalue weighted by molar-refractivity contribution is -0.153. The van der Waals surface area contributed by atoms with Crippen molar-refractivity contribution in [1.29, 1.82) is 0 Å². The van der Waals surface area contributed by atoms with Crippen LogP contribution in [0, 0.1) is 0 Å². The minimum atomic E-state index is -1.30. The maximum Gasteiger partial charge on any atom is 0.321 e. The van der Waals surface area contributed by atoms with Crippen LogP contribution in [0.1, 0.15) is 33.3 Å². The molecule has 0 amide bonds. The smallest absolute Gasteiger partial charge is 0.321 e. The van der Waals surface area contributed by atoms with E-state index < -0.39 is 27.6 Å². The molecule has 1 aromatic carbocycles. The zero-order valence-corrected chi connectivity index (χ0v) is 13.2. The average molecular weight is 303 g/mol. The summed E-state index contributed by atoms with van der Waals surface area (Å²) in [6, 6.07) is 7.10. The van der Waals surface area contributed by atoms with Gasteiger partial charge in [0, 0.05) is 21.6 Å². The summed E-state index contributed by atoms with van der Waals surface area (Å²) in [5, 5.41) is -0.00961. The summed E-state index contributed by atoms with van der Waals surface area (Å²) in [5.41, 5.74) is 0.327. The van der Waals surface area contributed by atoms with Crippen LogP contribution in [0.15, 0.2) is 24.3 Å². The second kappa shape index (κ2) is 6.53. The second-order valence-electron chi connectivity index (χ2n) is 5.33. The third-order valence-corrected chi connectivity index (χ3v) is 4.21. The number of rotatable bonds is 4. The highest BCUT2D eigenvalue weighted by atomic mass is 35.5. The fourth-order valence-electron chi connectivity index (χ4n) is 1.36. The summed E-state index contributed by atoms with van der Waals surface area (Å²) in [7, 11) is -1.30. The Labute approximate surface area is 121 Å². The van der Waals surface area contributed by atoms with Crippen molar-refractivity contribution in [2.24, 2.45) is 0 Å². The van der Waals surface area contributed by atoms with E-state index in [0.717, 1.165) is 5.56 Å². The minimum Gasteiger partial charge on any atom is -0.459 e. The molecule has 1 rings (SSSR count). The van der Waals surface area contributed by atoms with Crippen LogP contribution in [0.5, 0.6) is 0 Å². The van der Waals surface area contributed by atoms with Gasteiger partial charge < -0.3 is 4.74 Å². The molecule has 2 atom stereocenters. The van der Waals surface area contributed by atoms with Gasteiger partial charge in [-0.05, 0) is 45.4 Å². The highest BCUT2D eigenvalue weighted by molar-refractivity contribution is 7.85. The molecule has 0 saturated heterocycles. The van der Waals surface area contributed by atoms with E-state index in [1.54, 1.807) is 39.8 Å². The molecule has 0 aromatic heterocycles. The number of hydrogen-bond donors (Lipinski definition) is 0. The largest absolute Gasteiger partial charge is 0.459 e. The number of carbonyl (C=O) groups is 1. The molecule has 5 heteroatoms. The van der Waals surface area contributed by atoms with Gasteiger partial charge in [0.05, 0.1) is 0 Å². The predicted octanol–water partition coefficient (Wildman–Crippen LogP) is 3.32. The third kappa shape index (κ3) is 5.74. The normalized spacial score (nSPS) is 14.8. The first-order chi connectivity index (χ1) is 8.69. The quantitative estimate of drug-likeness (QED) is 0.801. The molecule has 0 N–H and O–H groups in total. The molecule has 0 aliphatic carbocycles. The molecule has 0 fully saturated rings. The van der Waals surface area contributed by atoms with E-state index in [2.05, 4.69) is 0 Å². The Hall–Kier alpha value is -0.870. The van der Waals surface area contributed by atoms with E-state index in [-0.39, 0.29) is 0 Å². The molecule has 106 valence electrons. The van der Waals surface area contributed by atoms with E-state index in [1.165, 1.54) is 0 Å². The molecular formula is C14H19ClO3S. The molecule has 3 nitrogen and oxygen atoms in total. The maximum absolute atomic E-state index is 12.1. The number of halogens is 1. The van der Waals surface area contributed by atoms with Gasteiger partial charge in [-0.2, -0.15) is 0 Å². The lowest BCUT2D eigenvalue weighted by Crippen LogP contribution is -2.33. The number of carbonyl (C=O) groups excluding carboxylic acids is 1. The van der Waals surface area contributed by atoms with Crippen molar-refractivity contribution >= 4 is 28.4 Å². The van der Waals surface area contributed by atoms with Crippen LogP contribution >= 0.6 is 11.6 Å². The molecule has 0 spiro atoms. The number of hydrogen-bond acceptors (Lipinski definition) is 3. The molecule has 0 radical (unpaired) electrons. The Morgan fingerprint density at radius 2 is 1.84 bits per heavy atom. The van der Waals surface area contributed by atoms with E-state index in [1.807, 2.05) is 12.1 Å². The van der Waals surface area contributed by atoms with Crippen LogP contribution in [0.2, 0.25) is 5.02 Å². The summed E-state index contributed by atoms with van der Waals surface area (Å²) in [4.78, 5) is 11.8. The topological polar surface area (TPSA) is 43.4 Å². The molecule has 0 saturated carbocycles. The molecular weight excluding hydrogens is 284 g/mol. The van der Waals surface area contributed by atoms with Gasteiger partial charge in [-0.25, -0.2) is 0 Å². The van der Waals surface area contributed by atoms with E-state index in [4.69, 9.17) is 16.3 Å². The molecule has 0 heterocycles. The summed E-state index contributed by atoms with van der Waals surface area (Å²) >= 11 is 5.78. The van der Waals surface area contributed by atoms with Gasteiger partial charge >= 0.3 is 5.97 Å². The Morgan fingerprint density at radius 3 is 2.32 bits per heavy atom. The molecule has 0 aliphatic heterocycles. The van der Waals surface area contributed by atoms with E-state index in [9.17, 15) is 9.00 Å². The first-order valence-electron chi connectivity index (χ1n) is 6.03. The molecule has 1 aromatic rings. The highest BCUT2D eigenvalue weighted by Gasteiger charge is 2.26. The van der Waals surface area contributed by atoms with Gasteiger partial charge in [-0.3, -0.25) is 9.00 Å². The van der Waals surface area contributed by atoms with E-state index in [0.29, 0.717) is 10.8 Å². The lowest BCUT2D eigenvalue weighted by atomic mass is 10.2. The van der Waals surface area contributed by atoms with Crippen molar-refractivity contribution in [2.45, 2.75) is 44.3 Å². The number of ether oxygens (including phenoxy) is 1. The average Bonchev–Trinajstić information content (AvgIpc) is 2.28. The van der Waals surface area contributed by atoms with Crippen molar-refractivity contribution in [1.82, 2.24) is 0 Å². The number of esters is 1. The van der Waals surface area contributed by atoms with Gasteiger partial charge in [0.15, 0.2) is 0 Å². The first kappa shape index (κ1) is 16.2. The molecule has 19 heavy (non-hydrogen) atoms. The van der Waals surface area contributed by atoms with Crippen molar-refractivity contribution in [3.8, 4) is 0 Å². The number of benzene rings is 1. The maximum atomic E-state index is 12.1. The van der Waals surface area contributed by atoms with Gasteiger partial charge in [0.25, 0.3) is 0 Å². The van der Waals surface area contributed by atoms with Crippen LogP contribution in [-0.2, 0) is 26.1 Å². The predicted molar refractivity (Wildman–Crippen MR) is 78.6 cm³/mol. The standard InChI is InChI=1S/C14H19ClO3S/c1-10(13(16)18-14(2,3)4)19(17)9-11-5-7-12(15)8-6-11/h5-8,10H,9H2,1-4H3. The SMILES string of the molecule is CC(C(=O)OC(C)(C)C)S(=O)Cc1ccc(Cl)cc1. The fraction of sp³-hybridized carbons (Fsp3) is 0.500. The van der Waals surface area contributed by atoms with Crippen molar-refractivity contribution in [3.63, 3.8) is 0 Å². The van der Waals surface area contributed by atoms with Crippen LogP contribution in [0.25, 0.3) is 0 Å². The summed E-state index contributed by atoms with van der Waals surface area (Å²) < 4.78 is 17.3. The zero-order valence-electron chi connectivity index (χ0n) is 11.6. The van der Waals surface area contributed by atoms with E-state index >= 15 is 0 Å². The molecule has 2 unspecified atom stereocenters. The van der Waals surface area contributed by atoms with Crippen molar-refractivity contribution in [3.05, 3.63) is 34.9 Å². The highest BCUT2D eigenvalue weighted by Crippen LogP contribution is 2.15. The molecule has 0 bridgehead atoms. The fourth-order valence-corrected chi connectivity index (χ4v) is 2.52. The first-order valence-corrected chi connectivity index (χ1v) is 7.79. The van der Waals surface area contributed by atoms with Crippen molar-refractivity contribution in [2.75, 3.05) is 0 Å². The van der Waals surface area contributed by atoms with Gasteiger partial charge in [0.2, 0.25) is 0 Å². The Morgan fingerprint density at radius 1 is 1.32 bits per heavy atom. The van der Waals surface area contributed by atoms with Crippen LogP contribution in [-0.4, -0.2) is 21.0 Å². The monoisotopic (exact) mass is 302 g/mol. The lowest BCUT2D eigenvalue weighted by Gasteiger charge is -2.22. The Balaban J connectivity index is 2.62. The zero-order chi connectivity index (χ0) is 14.6. The van der Waals surface area contributed by atoms with Crippen LogP contribution < -0.4 is 0 Å². The summed E-state index contributed by atoms with van der Waals surface area (Å²) in [6.07, 6.45) is 0. The third-order valence-electron chi connectivity index (χ3n) is 2.36. The van der Waals surface area contributed by atoms with Crippen LogP contribution in [0.3, 0.4) is 0 Å². The second-order valence-corrected chi connectivity index (χ2v) is 7.52. The Bertz CT molecular complexity index is 463. The summed E-state index contributed by atoms with van der Waals surface area (Å²) in [6.45, 7) is 7.00. The van der Waals surface area contributed by atoms with Crippen LogP contribution in [0.4, 0.5) is 0 Å². The summed E-state index contributed by atoms with van der Waals surface area (Å²) in [5.74, 6) is -0.114.